The number of nitrogens with zero attached hydrogens (tertiary/aromatic N) is 2. The third kappa shape index (κ3) is 4.24. The summed E-state index contributed by atoms with van der Waals surface area (Å²) >= 11 is 0. The van der Waals surface area contributed by atoms with E-state index in [0.717, 1.165) is 16.9 Å². The van der Waals surface area contributed by atoms with Crippen LogP contribution in [0.15, 0.2) is 78.9 Å². The van der Waals surface area contributed by atoms with Crippen LogP contribution in [-0.4, -0.2) is 30.9 Å². The number of methoxy groups -OCH3 is 1. The molecule has 0 radical (unpaired) electrons. The van der Waals surface area contributed by atoms with E-state index in [1.54, 1.807) is 36.1 Å². The van der Waals surface area contributed by atoms with Gasteiger partial charge in [-0.2, -0.15) is 0 Å². The van der Waals surface area contributed by atoms with Gasteiger partial charge in [-0.15, -0.1) is 0 Å². The molecule has 0 aliphatic carbocycles. The number of benzene rings is 3. The lowest BCUT2D eigenvalue weighted by Gasteiger charge is -2.43. The second-order valence-electron chi connectivity index (χ2n) is 8.13. The number of rotatable bonds is 4. The topological polar surface area (TPSA) is 66.9 Å². The minimum atomic E-state index is -0.446. The SMILES string of the molecule is COC(=O)c1ccc(C(=O)N2c3ccccc3C(N(C(C)=O)c3ccccc3)CC2C)cc1. The molecule has 4 rings (SSSR count). The van der Waals surface area contributed by atoms with Crippen molar-refractivity contribution < 1.29 is 19.1 Å². The minimum Gasteiger partial charge on any atom is -0.465 e. The summed E-state index contributed by atoms with van der Waals surface area (Å²) in [5, 5.41) is 0. The van der Waals surface area contributed by atoms with Gasteiger partial charge >= 0.3 is 5.97 Å². The van der Waals surface area contributed by atoms with Crippen LogP contribution in [-0.2, 0) is 9.53 Å². The molecule has 3 aromatic carbocycles. The lowest BCUT2D eigenvalue weighted by Crippen LogP contribution is -2.47. The zero-order valence-electron chi connectivity index (χ0n) is 18.9. The van der Waals surface area contributed by atoms with Gasteiger partial charge in [0.1, 0.15) is 0 Å². The Morgan fingerprint density at radius 1 is 0.879 bits per heavy atom. The fourth-order valence-corrected chi connectivity index (χ4v) is 4.51. The molecule has 0 saturated heterocycles. The summed E-state index contributed by atoms with van der Waals surface area (Å²) in [4.78, 5) is 41.6. The van der Waals surface area contributed by atoms with Gasteiger partial charge in [0.2, 0.25) is 5.91 Å². The smallest absolute Gasteiger partial charge is 0.337 e. The number of para-hydroxylation sites is 2. The van der Waals surface area contributed by atoms with Gasteiger partial charge in [-0.3, -0.25) is 9.59 Å². The number of carbonyl (C=O) groups excluding carboxylic acids is 3. The van der Waals surface area contributed by atoms with Gasteiger partial charge in [-0.05, 0) is 61.4 Å². The molecule has 0 saturated carbocycles. The number of esters is 1. The van der Waals surface area contributed by atoms with Crippen LogP contribution in [0, 0.1) is 0 Å². The molecule has 1 aliphatic rings. The van der Waals surface area contributed by atoms with Gasteiger partial charge in [0, 0.05) is 29.9 Å². The average Bonchev–Trinajstić information content (AvgIpc) is 2.84. The number of fused-ring (bicyclic) bond motifs is 1. The third-order valence-corrected chi connectivity index (χ3v) is 6.02. The predicted molar refractivity (Wildman–Crippen MR) is 127 cm³/mol. The Labute approximate surface area is 193 Å². The largest absolute Gasteiger partial charge is 0.465 e. The quantitative estimate of drug-likeness (QED) is 0.533. The Bertz CT molecular complexity index is 1170. The van der Waals surface area contributed by atoms with Crippen LogP contribution >= 0.6 is 0 Å². The highest BCUT2D eigenvalue weighted by molar-refractivity contribution is 6.08. The van der Waals surface area contributed by atoms with Crippen LogP contribution in [0.5, 0.6) is 0 Å². The summed E-state index contributed by atoms with van der Waals surface area (Å²) in [5.41, 5.74) is 3.41. The van der Waals surface area contributed by atoms with Crippen molar-refractivity contribution in [3.63, 3.8) is 0 Å². The number of ether oxygens (including phenoxy) is 1. The third-order valence-electron chi connectivity index (χ3n) is 6.02. The number of hydrogen-bond donors (Lipinski definition) is 0. The molecule has 0 spiro atoms. The van der Waals surface area contributed by atoms with Crippen molar-refractivity contribution in [3.8, 4) is 0 Å². The van der Waals surface area contributed by atoms with E-state index >= 15 is 0 Å². The first-order chi connectivity index (χ1) is 15.9. The molecular weight excluding hydrogens is 416 g/mol. The van der Waals surface area contributed by atoms with Crippen LogP contribution in [0.1, 0.15) is 52.6 Å². The molecule has 6 heteroatoms. The summed E-state index contributed by atoms with van der Waals surface area (Å²) in [5.74, 6) is -0.649. The Morgan fingerprint density at radius 2 is 1.48 bits per heavy atom. The van der Waals surface area contributed by atoms with Crippen molar-refractivity contribution in [2.45, 2.75) is 32.4 Å². The molecule has 2 amide bonds. The zero-order chi connectivity index (χ0) is 23.5. The summed E-state index contributed by atoms with van der Waals surface area (Å²) in [6, 6.07) is 23.4. The number of hydrogen-bond acceptors (Lipinski definition) is 4. The van der Waals surface area contributed by atoms with Crippen LogP contribution in [0.3, 0.4) is 0 Å². The monoisotopic (exact) mass is 442 g/mol. The molecule has 2 atom stereocenters. The van der Waals surface area contributed by atoms with E-state index in [4.69, 9.17) is 4.74 Å². The summed E-state index contributed by atoms with van der Waals surface area (Å²) in [6.07, 6.45) is 0.595. The van der Waals surface area contributed by atoms with E-state index in [2.05, 4.69) is 0 Å². The highest BCUT2D eigenvalue weighted by atomic mass is 16.5. The Morgan fingerprint density at radius 3 is 2.12 bits per heavy atom. The van der Waals surface area contributed by atoms with E-state index in [-0.39, 0.29) is 23.9 Å². The van der Waals surface area contributed by atoms with Gasteiger partial charge < -0.3 is 14.5 Å². The first-order valence-corrected chi connectivity index (χ1v) is 10.9. The van der Waals surface area contributed by atoms with Crippen molar-refractivity contribution in [1.29, 1.82) is 0 Å². The van der Waals surface area contributed by atoms with Crippen molar-refractivity contribution in [2.75, 3.05) is 16.9 Å². The molecule has 0 bridgehead atoms. The van der Waals surface area contributed by atoms with Gasteiger partial charge in [0.05, 0.1) is 18.7 Å². The maximum absolute atomic E-state index is 13.5. The Balaban J connectivity index is 1.72. The summed E-state index contributed by atoms with van der Waals surface area (Å²) in [6.45, 7) is 3.56. The van der Waals surface area contributed by atoms with Gasteiger partial charge in [-0.25, -0.2) is 4.79 Å². The predicted octanol–water partition coefficient (Wildman–Crippen LogP) is 5.01. The molecule has 1 aliphatic heterocycles. The molecule has 33 heavy (non-hydrogen) atoms. The second kappa shape index (κ2) is 9.28. The summed E-state index contributed by atoms with van der Waals surface area (Å²) in [7, 11) is 1.32. The lowest BCUT2D eigenvalue weighted by atomic mass is 9.89. The lowest BCUT2D eigenvalue weighted by molar-refractivity contribution is -0.117. The molecular formula is C27H26N2O4. The van der Waals surface area contributed by atoms with Crippen LogP contribution < -0.4 is 9.80 Å². The van der Waals surface area contributed by atoms with Crippen molar-refractivity contribution >= 4 is 29.2 Å². The summed E-state index contributed by atoms with van der Waals surface area (Å²) < 4.78 is 4.74. The number of carbonyl (C=O) groups is 3. The van der Waals surface area contributed by atoms with E-state index in [9.17, 15) is 14.4 Å². The minimum absolute atomic E-state index is 0.0496. The molecule has 168 valence electrons. The highest BCUT2D eigenvalue weighted by Crippen LogP contribution is 2.42. The maximum Gasteiger partial charge on any atom is 0.337 e. The molecule has 3 aromatic rings. The van der Waals surface area contributed by atoms with Gasteiger partial charge in [0.15, 0.2) is 0 Å². The Hall–Kier alpha value is -3.93. The van der Waals surface area contributed by atoms with E-state index in [1.165, 1.54) is 7.11 Å². The van der Waals surface area contributed by atoms with Crippen molar-refractivity contribution in [1.82, 2.24) is 0 Å². The maximum atomic E-state index is 13.5. The fraction of sp³-hybridized carbons (Fsp3) is 0.222. The van der Waals surface area contributed by atoms with Gasteiger partial charge in [-0.1, -0.05) is 36.4 Å². The molecule has 6 nitrogen and oxygen atoms in total. The molecule has 0 fully saturated rings. The molecule has 0 N–H and O–H groups in total. The normalized spacial score (nSPS) is 17.1. The number of anilines is 2. The second-order valence-corrected chi connectivity index (χ2v) is 8.13. The van der Waals surface area contributed by atoms with E-state index < -0.39 is 5.97 Å². The van der Waals surface area contributed by atoms with E-state index in [1.807, 2.05) is 66.4 Å². The van der Waals surface area contributed by atoms with E-state index in [0.29, 0.717) is 17.5 Å². The molecule has 1 heterocycles. The zero-order valence-corrected chi connectivity index (χ0v) is 18.9. The first-order valence-electron chi connectivity index (χ1n) is 10.9. The number of amides is 2. The Kier molecular flexibility index (Phi) is 6.27. The van der Waals surface area contributed by atoms with Crippen molar-refractivity contribution in [2.24, 2.45) is 0 Å². The van der Waals surface area contributed by atoms with Crippen LogP contribution in [0.2, 0.25) is 0 Å². The molecule has 2 unspecified atom stereocenters. The highest BCUT2D eigenvalue weighted by Gasteiger charge is 2.38. The first kappa shape index (κ1) is 22.3. The van der Waals surface area contributed by atoms with Gasteiger partial charge in [0.25, 0.3) is 5.91 Å². The molecule has 0 aromatic heterocycles. The average molecular weight is 443 g/mol. The van der Waals surface area contributed by atoms with Crippen LogP contribution in [0.25, 0.3) is 0 Å². The standard InChI is InChI=1S/C27H26N2O4/c1-18-17-25(29(19(2)30)22-9-5-4-6-10-22)23-11-7-8-12-24(23)28(18)26(31)20-13-15-21(16-14-20)27(32)33-3/h4-16,18,25H,17H2,1-3H3. The van der Waals surface area contributed by atoms with Crippen LogP contribution in [0.4, 0.5) is 11.4 Å². The fourth-order valence-electron chi connectivity index (χ4n) is 4.51. The van der Waals surface area contributed by atoms with Crippen molar-refractivity contribution in [3.05, 3.63) is 95.6 Å².